The Morgan fingerprint density at radius 3 is 2.71 bits per heavy atom. The Bertz CT molecular complexity index is 1010. The minimum atomic E-state index is -0.403. The number of fused-ring (bicyclic) bond motifs is 1. The molecular weight excluding hydrogens is 378 g/mol. The van der Waals surface area contributed by atoms with Crippen molar-refractivity contribution < 1.29 is 4.79 Å². The lowest BCUT2D eigenvalue weighted by Gasteiger charge is -2.34. The van der Waals surface area contributed by atoms with Gasteiger partial charge in [-0.2, -0.15) is 0 Å². The minimum Gasteiger partial charge on any atom is -0.383 e. The number of H-pyrrole nitrogens is 1. The lowest BCUT2D eigenvalue weighted by molar-refractivity contribution is 0.0617. The first kappa shape index (κ1) is 18.7. The first-order valence-corrected chi connectivity index (χ1v) is 9.66. The average Bonchev–Trinajstić information content (AvgIpc) is 2.99. The van der Waals surface area contributed by atoms with Crippen LogP contribution in [0.1, 0.15) is 34.3 Å². The standard InChI is InChI=1S/C20H22ClN5O2/c1-25-8-5-14(6-9-25)26-11-12-2-3-13(10-15(12)20(26)28)24-18(22)17-16(21)4-7-23-19(17)27/h2-4,7,10,14H,5-6,8-9,11H2,1H3,(H2,22,24)(H,23,27). The predicted octanol–water partition coefficient (Wildman–Crippen LogP) is 2.12. The van der Waals surface area contributed by atoms with Crippen molar-refractivity contribution >= 4 is 29.0 Å². The van der Waals surface area contributed by atoms with E-state index in [2.05, 4.69) is 21.9 Å². The number of carbonyl (C=O) groups is 1. The highest BCUT2D eigenvalue weighted by molar-refractivity contribution is 6.34. The number of amidine groups is 1. The number of hydrogen-bond acceptors (Lipinski definition) is 4. The van der Waals surface area contributed by atoms with Gasteiger partial charge >= 0.3 is 0 Å². The van der Waals surface area contributed by atoms with Crippen LogP contribution in [0.25, 0.3) is 0 Å². The molecule has 0 saturated carbocycles. The fourth-order valence-corrected chi connectivity index (χ4v) is 4.12. The van der Waals surface area contributed by atoms with Gasteiger partial charge in [-0.15, -0.1) is 0 Å². The number of halogens is 1. The van der Waals surface area contributed by atoms with E-state index in [1.807, 2.05) is 17.0 Å². The van der Waals surface area contributed by atoms with E-state index in [9.17, 15) is 9.59 Å². The third-order valence-corrected chi connectivity index (χ3v) is 5.78. The largest absolute Gasteiger partial charge is 0.383 e. The summed E-state index contributed by atoms with van der Waals surface area (Å²) in [6, 6.07) is 7.28. The number of nitrogens with zero attached hydrogens (tertiary/aromatic N) is 3. The summed E-state index contributed by atoms with van der Waals surface area (Å²) in [6.07, 6.45) is 3.43. The lowest BCUT2D eigenvalue weighted by atomic mass is 10.0. The van der Waals surface area contributed by atoms with Crippen LogP contribution in [0.3, 0.4) is 0 Å². The highest BCUT2D eigenvalue weighted by Crippen LogP contribution is 2.31. The van der Waals surface area contributed by atoms with Gasteiger partial charge in [0.1, 0.15) is 11.4 Å². The van der Waals surface area contributed by atoms with E-state index in [0.29, 0.717) is 17.8 Å². The third kappa shape index (κ3) is 3.43. The van der Waals surface area contributed by atoms with E-state index in [1.54, 1.807) is 12.1 Å². The molecule has 146 valence electrons. The molecule has 2 aliphatic heterocycles. The number of nitrogens with one attached hydrogen (secondary N) is 1. The number of aliphatic imine (C=N–C) groups is 1. The van der Waals surface area contributed by atoms with Gasteiger partial charge in [-0.3, -0.25) is 9.59 Å². The number of nitrogens with two attached hydrogens (primary N) is 1. The summed E-state index contributed by atoms with van der Waals surface area (Å²) in [4.78, 5) is 36.1. The number of piperidine rings is 1. The van der Waals surface area contributed by atoms with E-state index >= 15 is 0 Å². The lowest BCUT2D eigenvalue weighted by Crippen LogP contribution is -2.43. The molecule has 0 spiro atoms. The quantitative estimate of drug-likeness (QED) is 0.610. The highest BCUT2D eigenvalue weighted by atomic mass is 35.5. The van der Waals surface area contributed by atoms with Gasteiger partial charge in [-0.05, 0) is 56.7 Å². The number of aromatic amines is 1. The van der Waals surface area contributed by atoms with Crippen molar-refractivity contribution in [3.8, 4) is 0 Å². The fraction of sp³-hybridized carbons (Fsp3) is 0.350. The predicted molar refractivity (Wildman–Crippen MR) is 109 cm³/mol. The van der Waals surface area contributed by atoms with E-state index in [4.69, 9.17) is 17.3 Å². The molecule has 0 radical (unpaired) electrons. The maximum Gasteiger partial charge on any atom is 0.260 e. The Morgan fingerprint density at radius 1 is 1.25 bits per heavy atom. The average molecular weight is 400 g/mol. The second-order valence-electron chi connectivity index (χ2n) is 7.34. The van der Waals surface area contributed by atoms with Crippen LogP contribution < -0.4 is 11.3 Å². The zero-order valence-electron chi connectivity index (χ0n) is 15.6. The number of benzene rings is 1. The summed E-state index contributed by atoms with van der Waals surface area (Å²) in [7, 11) is 2.11. The Hall–Kier alpha value is -2.64. The third-order valence-electron chi connectivity index (χ3n) is 5.47. The van der Waals surface area contributed by atoms with E-state index in [-0.39, 0.29) is 28.4 Å². The van der Waals surface area contributed by atoms with Crippen molar-refractivity contribution in [3.63, 3.8) is 0 Å². The molecule has 4 rings (SSSR count). The van der Waals surface area contributed by atoms with Crippen molar-refractivity contribution in [2.24, 2.45) is 10.7 Å². The van der Waals surface area contributed by atoms with Gasteiger partial charge in [-0.25, -0.2) is 4.99 Å². The molecule has 0 unspecified atom stereocenters. The molecule has 1 aromatic carbocycles. The Morgan fingerprint density at radius 2 is 2.00 bits per heavy atom. The Labute approximate surface area is 167 Å². The zero-order valence-corrected chi connectivity index (χ0v) is 16.4. The topological polar surface area (TPSA) is 94.8 Å². The Kier molecular flexibility index (Phi) is 4.95. The van der Waals surface area contributed by atoms with Gasteiger partial charge in [0.05, 0.1) is 10.7 Å². The molecule has 3 N–H and O–H groups in total. The number of likely N-dealkylation sites (tertiary alicyclic amines) is 1. The van der Waals surface area contributed by atoms with E-state index in [0.717, 1.165) is 31.5 Å². The van der Waals surface area contributed by atoms with Gasteiger partial charge < -0.3 is 20.5 Å². The minimum absolute atomic E-state index is 0.0180. The van der Waals surface area contributed by atoms with Crippen molar-refractivity contribution in [3.05, 3.63) is 62.5 Å². The molecule has 1 aromatic heterocycles. The molecule has 0 bridgehead atoms. The highest BCUT2D eigenvalue weighted by Gasteiger charge is 2.34. The van der Waals surface area contributed by atoms with Crippen LogP contribution >= 0.6 is 11.6 Å². The molecular formula is C20H22ClN5O2. The maximum atomic E-state index is 13.0. The summed E-state index contributed by atoms with van der Waals surface area (Å²) in [5, 5.41) is 0.232. The summed E-state index contributed by atoms with van der Waals surface area (Å²) in [5.74, 6) is 0.0557. The molecule has 1 amide bonds. The van der Waals surface area contributed by atoms with Crippen molar-refractivity contribution in [2.45, 2.75) is 25.4 Å². The molecule has 2 aromatic rings. The summed E-state index contributed by atoms with van der Waals surface area (Å²) < 4.78 is 0. The molecule has 7 nitrogen and oxygen atoms in total. The molecule has 0 aliphatic carbocycles. The molecule has 1 saturated heterocycles. The van der Waals surface area contributed by atoms with Crippen LogP contribution in [0.15, 0.2) is 40.2 Å². The molecule has 28 heavy (non-hydrogen) atoms. The van der Waals surface area contributed by atoms with Crippen molar-refractivity contribution in [1.29, 1.82) is 0 Å². The second kappa shape index (κ2) is 7.41. The number of aromatic nitrogens is 1. The SMILES string of the molecule is CN1CCC(N2Cc3ccc(N=C(N)c4c(Cl)cc[nH]c4=O)cc3C2=O)CC1. The first-order valence-electron chi connectivity index (χ1n) is 9.28. The van der Waals surface area contributed by atoms with Gasteiger partial charge in [0, 0.05) is 24.3 Å². The molecule has 2 aliphatic rings. The van der Waals surface area contributed by atoms with Crippen LogP contribution in [0.4, 0.5) is 5.69 Å². The fourth-order valence-electron chi connectivity index (χ4n) is 3.87. The normalized spacial score (nSPS) is 18.6. The smallest absolute Gasteiger partial charge is 0.260 e. The number of carbonyl (C=O) groups excluding carboxylic acids is 1. The number of amides is 1. The van der Waals surface area contributed by atoms with Crippen LogP contribution in [0.2, 0.25) is 5.02 Å². The Balaban J connectivity index is 1.60. The number of hydrogen-bond donors (Lipinski definition) is 2. The summed E-state index contributed by atoms with van der Waals surface area (Å²) in [5.41, 5.74) is 7.91. The maximum absolute atomic E-state index is 13.0. The van der Waals surface area contributed by atoms with Gasteiger partial charge in [-0.1, -0.05) is 17.7 Å². The van der Waals surface area contributed by atoms with E-state index in [1.165, 1.54) is 6.20 Å². The molecule has 0 atom stereocenters. The van der Waals surface area contributed by atoms with Crippen LogP contribution in [0.5, 0.6) is 0 Å². The van der Waals surface area contributed by atoms with Crippen molar-refractivity contribution in [1.82, 2.24) is 14.8 Å². The molecule has 1 fully saturated rings. The summed E-state index contributed by atoms with van der Waals surface area (Å²) >= 11 is 6.08. The van der Waals surface area contributed by atoms with E-state index < -0.39 is 5.56 Å². The second-order valence-corrected chi connectivity index (χ2v) is 7.74. The number of rotatable bonds is 3. The molecule has 8 heteroatoms. The van der Waals surface area contributed by atoms with Crippen LogP contribution in [-0.2, 0) is 6.54 Å². The van der Waals surface area contributed by atoms with Gasteiger partial charge in [0.25, 0.3) is 11.5 Å². The molecule has 3 heterocycles. The summed E-state index contributed by atoms with van der Waals surface area (Å²) in [6.45, 7) is 2.64. The van der Waals surface area contributed by atoms with Crippen LogP contribution in [0, 0.1) is 0 Å². The monoisotopic (exact) mass is 399 g/mol. The zero-order chi connectivity index (χ0) is 19.8. The first-order chi connectivity index (χ1) is 13.4. The van der Waals surface area contributed by atoms with Gasteiger partial charge in [0.2, 0.25) is 0 Å². The van der Waals surface area contributed by atoms with Crippen LogP contribution in [-0.4, -0.2) is 52.7 Å². The van der Waals surface area contributed by atoms with Gasteiger partial charge in [0.15, 0.2) is 0 Å². The number of pyridine rings is 1. The van der Waals surface area contributed by atoms with Crippen molar-refractivity contribution in [2.75, 3.05) is 20.1 Å².